The molecule has 2 N–H and O–H groups in total. The number of nitrogens with zero attached hydrogens (tertiary/aromatic N) is 1. The Bertz CT molecular complexity index is 702. The van der Waals surface area contributed by atoms with E-state index in [4.69, 9.17) is 4.74 Å². The van der Waals surface area contributed by atoms with E-state index in [1.54, 1.807) is 30.5 Å². The average Bonchev–Trinajstić information content (AvgIpc) is 2.48. The molecule has 0 aliphatic heterocycles. The Hall–Kier alpha value is -2.28. The maximum Gasteiger partial charge on any atom is 0.233 e. The molecule has 0 bridgehead atoms. The highest BCUT2D eigenvalue weighted by Crippen LogP contribution is 2.28. The number of hydrogen-bond acceptors (Lipinski definition) is 5. The number of anilines is 1. The van der Waals surface area contributed by atoms with Gasteiger partial charge in [0.25, 0.3) is 0 Å². The van der Waals surface area contributed by atoms with Crippen LogP contribution >= 0.6 is 0 Å². The lowest BCUT2D eigenvalue weighted by Crippen LogP contribution is -2.18. The predicted octanol–water partition coefficient (Wildman–Crippen LogP) is 1.78. The van der Waals surface area contributed by atoms with Gasteiger partial charge < -0.3 is 9.84 Å². The third kappa shape index (κ3) is 4.35. The Morgan fingerprint density at radius 3 is 2.76 bits per heavy atom. The lowest BCUT2D eigenvalue weighted by Gasteiger charge is -2.10. The Morgan fingerprint density at radius 1 is 1.29 bits per heavy atom. The molecule has 2 aromatic rings. The molecular formula is C14H16N2O4S. The first-order valence-electron chi connectivity index (χ1n) is 6.27. The van der Waals surface area contributed by atoms with Crippen LogP contribution in [0.15, 0.2) is 42.6 Å². The molecule has 0 saturated heterocycles. The lowest BCUT2D eigenvalue weighted by atomic mass is 10.3. The monoisotopic (exact) mass is 308 g/mol. The van der Waals surface area contributed by atoms with Gasteiger partial charge in [0.15, 0.2) is 0 Å². The van der Waals surface area contributed by atoms with Crippen molar-refractivity contribution in [1.29, 1.82) is 0 Å². The number of rotatable bonds is 6. The standard InChI is InChI=1S/C14H16N2O4S/c1-20-12-5-6-14(17)13(10-12)16-21(18,19)9-7-11-4-2-3-8-15-11/h2-6,8,10,16-17H,7,9H2,1H3. The van der Waals surface area contributed by atoms with Crippen LogP contribution in [0.4, 0.5) is 5.69 Å². The van der Waals surface area contributed by atoms with Crippen LogP contribution in [0.1, 0.15) is 5.69 Å². The van der Waals surface area contributed by atoms with Crippen LogP contribution in [-0.2, 0) is 16.4 Å². The largest absolute Gasteiger partial charge is 0.506 e. The van der Waals surface area contributed by atoms with Crippen molar-refractivity contribution in [2.75, 3.05) is 17.6 Å². The summed E-state index contributed by atoms with van der Waals surface area (Å²) >= 11 is 0. The fourth-order valence-corrected chi connectivity index (χ4v) is 2.81. The molecule has 2 rings (SSSR count). The van der Waals surface area contributed by atoms with Crippen LogP contribution in [0.2, 0.25) is 0 Å². The molecule has 1 aromatic carbocycles. The molecule has 112 valence electrons. The van der Waals surface area contributed by atoms with Crippen LogP contribution in [0.3, 0.4) is 0 Å². The second-order valence-electron chi connectivity index (χ2n) is 4.38. The highest BCUT2D eigenvalue weighted by Gasteiger charge is 2.14. The predicted molar refractivity (Wildman–Crippen MR) is 80.0 cm³/mol. The Kier molecular flexibility index (Phi) is 4.64. The molecule has 7 heteroatoms. The summed E-state index contributed by atoms with van der Waals surface area (Å²) in [5, 5.41) is 9.68. The molecule has 1 aromatic heterocycles. The van der Waals surface area contributed by atoms with Gasteiger partial charge in [0.1, 0.15) is 11.5 Å². The second kappa shape index (κ2) is 6.45. The zero-order valence-electron chi connectivity index (χ0n) is 11.5. The van der Waals surface area contributed by atoms with Crippen LogP contribution in [-0.4, -0.2) is 31.4 Å². The van der Waals surface area contributed by atoms with E-state index in [2.05, 4.69) is 9.71 Å². The van der Waals surface area contributed by atoms with Gasteiger partial charge in [-0.05, 0) is 24.3 Å². The van der Waals surface area contributed by atoms with Crippen molar-refractivity contribution in [3.63, 3.8) is 0 Å². The summed E-state index contributed by atoms with van der Waals surface area (Å²) in [5.74, 6) is 0.174. The van der Waals surface area contributed by atoms with E-state index in [1.165, 1.54) is 19.2 Å². The first-order valence-corrected chi connectivity index (χ1v) is 7.93. The SMILES string of the molecule is COc1ccc(O)c(NS(=O)(=O)CCc2ccccn2)c1. The van der Waals surface area contributed by atoms with Gasteiger partial charge in [0.2, 0.25) is 10.0 Å². The zero-order valence-corrected chi connectivity index (χ0v) is 12.3. The number of pyridine rings is 1. The summed E-state index contributed by atoms with van der Waals surface area (Å²) in [4.78, 5) is 4.07. The Balaban J connectivity index is 2.07. The minimum absolute atomic E-state index is 0.0929. The highest BCUT2D eigenvalue weighted by molar-refractivity contribution is 7.92. The number of hydrogen-bond donors (Lipinski definition) is 2. The molecule has 0 aliphatic rings. The fourth-order valence-electron chi connectivity index (χ4n) is 1.73. The van der Waals surface area contributed by atoms with E-state index in [0.717, 1.165) is 0 Å². The third-order valence-corrected chi connectivity index (χ3v) is 4.09. The van der Waals surface area contributed by atoms with Crippen molar-refractivity contribution in [2.45, 2.75) is 6.42 Å². The second-order valence-corrected chi connectivity index (χ2v) is 6.22. The molecule has 0 spiro atoms. The number of aromatic nitrogens is 1. The first-order chi connectivity index (χ1) is 10.00. The summed E-state index contributed by atoms with van der Waals surface area (Å²) < 4.78 is 31.4. The third-order valence-electron chi connectivity index (χ3n) is 2.82. The molecular weight excluding hydrogens is 292 g/mol. The van der Waals surface area contributed by atoms with Crippen molar-refractivity contribution in [1.82, 2.24) is 4.98 Å². The summed E-state index contributed by atoms with van der Waals surface area (Å²) in [6.07, 6.45) is 1.91. The van der Waals surface area contributed by atoms with Crippen molar-refractivity contribution in [3.8, 4) is 11.5 Å². The van der Waals surface area contributed by atoms with E-state index >= 15 is 0 Å². The number of benzene rings is 1. The van der Waals surface area contributed by atoms with Crippen LogP contribution in [0.25, 0.3) is 0 Å². The number of phenols is 1. The van der Waals surface area contributed by atoms with Gasteiger partial charge in [-0.3, -0.25) is 9.71 Å². The maximum absolute atomic E-state index is 12.0. The van der Waals surface area contributed by atoms with Crippen molar-refractivity contribution in [3.05, 3.63) is 48.3 Å². The van der Waals surface area contributed by atoms with E-state index in [0.29, 0.717) is 17.9 Å². The van der Waals surface area contributed by atoms with Gasteiger partial charge in [0, 0.05) is 24.4 Å². The number of methoxy groups -OCH3 is 1. The molecule has 0 amide bonds. The number of aryl methyl sites for hydroxylation is 1. The zero-order chi connectivity index (χ0) is 15.3. The van der Waals surface area contributed by atoms with Gasteiger partial charge in [-0.2, -0.15) is 0 Å². The smallest absolute Gasteiger partial charge is 0.233 e. The summed E-state index contributed by atoms with van der Waals surface area (Å²) in [5.41, 5.74) is 0.785. The number of ether oxygens (including phenoxy) is 1. The molecule has 0 saturated carbocycles. The van der Waals surface area contributed by atoms with E-state index in [-0.39, 0.29) is 17.2 Å². The fraction of sp³-hybridized carbons (Fsp3) is 0.214. The number of aromatic hydroxyl groups is 1. The Morgan fingerprint density at radius 2 is 2.10 bits per heavy atom. The lowest BCUT2D eigenvalue weighted by molar-refractivity contribution is 0.413. The highest BCUT2D eigenvalue weighted by atomic mass is 32.2. The molecule has 6 nitrogen and oxygen atoms in total. The minimum Gasteiger partial charge on any atom is -0.506 e. The minimum atomic E-state index is -3.59. The van der Waals surface area contributed by atoms with Crippen molar-refractivity contribution < 1.29 is 18.3 Å². The van der Waals surface area contributed by atoms with Crippen LogP contribution in [0.5, 0.6) is 11.5 Å². The van der Waals surface area contributed by atoms with Gasteiger partial charge in [0.05, 0.1) is 18.6 Å². The average molecular weight is 308 g/mol. The Labute approximate surface area is 123 Å². The molecule has 0 unspecified atom stereocenters. The maximum atomic E-state index is 12.0. The summed E-state index contributed by atoms with van der Waals surface area (Å²) in [7, 11) is -2.12. The van der Waals surface area contributed by atoms with E-state index in [9.17, 15) is 13.5 Å². The molecule has 0 aliphatic carbocycles. The first kappa shape index (κ1) is 15.1. The molecule has 0 radical (unpaired) electrons. The number of nitrogens with one attached hydrogen (secondary N) is 1. The normalized spacial score (nSPS) is 11.1. The molecule has 0 atom stereocenters. The van der Waals surface area contributed by atoms with Gasteiger partial charge in [-0.25, -0.2) is 8.42 Å². The molecule has 0 fully saturated rings. The van der Waals surface area contributed by atoms with Gasteiger partial charge >= 0.3 is 0 Å². The molecule has 21 heavy (non-hydrogen) atoms. The topological polar surface area (TPSA) is 88.5 Å². The molecule has 1 heterocycles. The van der Waals surface area contributed by atoms with Crippen molar-refractivity contribution in [2.24, 2.45) is 0 Å². The van der Waals surface area contributed by atoms with Gasteiger partial charge in [-0.1, -0.05) is 6.07 Å². The van der Waals surface area contributed by atoms with E-state index in [1.807, 2.05) is 0 Å². The number of phenolic OH excluding ortho intramolecular Hbond substituents is 1. The van der Waals surface area contributed by atoms with Crippen LogP contribution < -0.4 is 9.46 Å². The van der Waals surface area contributed by atoms with E-state index < -0.39 is 10.0 Å². The van der Waals surface area contributed by atoms with Gasteiger partial charge in [-0.15, -0.1) is 0 Å². The number of sulfonamides is 1. The summed E-state index contributed by atoms with van der Waals surface area (Å²) in [6.45, 7) is 0. The van der Waals surface area contributed by atoms with Crippen molar-refractivity contribution >= 4 is 15.7 Å². The summed E-state index contributed by atoms with van der Waals surface area (Å²) in [6, 6.07) is 9.67. The quantitative estimate of drug-likeness (QED) is 0.794. The van der Waals surface area contributed by atoms with Crippen LogP contribution in [0, 0.1) is 0 Å².